The van der Waals surface area contributed by atoms with E-state index < -0.39 is 0 Å². The Bertz CT molecular complexity index is 1110. The van der Waals surface area contributed by atoms with Gasteiger partial charge < -0.3 is 4.74 Å². The maximum absolute atomic E-state index is 12.1. The maximum Gasteiger partial charge on any atom is 0.244 e. The van der Waals surface area contributed by atoms with Gasteiger partial charge in [0.1, 0.15) is 12.4 Å². The van der Waals surface area contributed by atoms with Crippen LogP contribution in [0.5, 0.6) is 5.75 Å². The van der Waals surface area contributed by atoms with E-state index in [2.05, 4.69) is 32.5 Å². The second-order valence-corrected chi connectivity index (χ2v) is 7.73. The number of hydrogen-bond acceptors (Lipinski definition) is 4. The van der Waals surface area contributed by atoms with Crippen molar-refractivity contribution >= 4 is 39.7 Å². The van der Waals surface area contributed by atoms with E-state index in [9.17, 15) is 4.79 Å². The molecule has 30 heavy (non-hydrogen) atoms. The molecule has 0 aliphatic heterocycles. The molecule has 3 aromatic carbocycles. The largest absolute Gasteiger partial charge is 0.488 e. The molecule has 1 N–H and O–H groups in total. The van der Waals surface area contributed by atoms with Crippen molar-refractivity contribution in [3.8, 4) is 11.8 Å². The lowest BCUT2D eigenvalue weighted by Gasteiger charge is -2.10. The van der Waals surface area contributed by atoms with Crippen LogP contribution in [0.25, 0.3) is 0 Å². The van der Waals surface area contributed by atoms with E-state index in [4.69, 9.17) is 21.6 Å². The zero-order valence-corrected chi connectivity index (χ0v) is 18.2. The lowest BCUT2D eigenvalue weighted by Crippen LogP contribution is -2.19. The lowest BCUT2D eigenvalue weighted by molar-refractivity contribution is -0.120. The van der Waals surface area contributed by atoms with E-state index in [1.54, 1.807) is 30.3 Å². The third kappa shape index (κ3) is 6.45. The smallest absolute Gasteiger partial charge is 0.244 e. The molecule has 0 aromatic heterocycles. The summed E-state index contributed by atoms with van der Waals surface area (Å²) < 4.78 is 6.82. The highest BCUT2D eigenvalue weighted by atomic mass is 79.9. The number of nitrogens with zero attached hydrogens (tertiary/aromatic N) is 2. The Morgan fingerprint density at radius 2 is 1.93 bits per heavy atom. The highest BCUT2D eigenvalue weighted by molar-refractivity contribution is 9.10. The van der Waals surface area contributed by atoms with Crippen LogP contribution in [0.3, 0.4) is 0 Å². The molecule has 0 unspecified atom stereocenters. The standard InChI is InChI=1S/C23H17BrClN3O2/c24-20-6-4-16(5-7-20)11-23(29)28-27-14-19-12-21(25)8-9-22(19)30-15-18-3-1-2-17(10-18)13-26/h1-10,12,14H,11,15H2,(H,28,29)/b27-14+. The van der Waals surface area contributed by atoms with Crippen LogP contribution < -0.4 is 10.2 Å². The van der Waals surface area contributed by atoms with Crippen molar-refractivity contribution in [1.82, 2.24) is 5.43 Å². The number of benzene rings is 3. The minimum absolute atomic E-state index is 0.221. The van der Waals surface area contributed by atoms with Crippen LogP contribution in [-0.4, -0.2) is 12.1 Å². The molecule has 0 saturated heterocycles. The van der Waals surface area contributed by atoms with Crippen LogP contribution in [0, 0.1) is 11.3 Å². The molecule has 0 aliphatic carbocycles. The van der Waals surface area contributed by atoms with Crippen LogP contribution in [0.15, 0.2) is 76.3 Å². The number of ether oxygens (including phenoxy) is 1. The van der Waals surface area contributed by atoms with Gasteiger partial charge in [-0.2, -0.15) is 10.4 Å². The van der Waals surface area contributed by atoms with Gasteiger partial charge in [0.05, 0.1) is 24.3 Å². The van der Waals surface area contributed by atoms with Gasteiger partial charge >= 0.3 is 0 Å². The van der Waals surface area contributed by atoms with Crippen LogP contribution in [0.4, 0.5) is 0 Å². The molecular weight excluding hydrogens is 466 g/mol. The molecule has 0 aliphatic rings. The molecular formula is C23H17BrClN3O2. The second-order valence-electron chi connectivity index (χ2n) is 6.38. The van der Waals surface area contributed by atoms with Gasteiger partial charge in [-0.15, -0.1) is 0 Å². The molecule has 0 atom stereocenters. The average molecular weight is 483 g/mol. The summed E-state index contributed by atoms with van der Waals surface area (Å²) in [5.41, 5.74) is 5.47. The third-order valence-electron chi connectivity index (χ3n) is 4.09. The summed E-state index contributed by atoms with van der Waals surface area (Å²) in [4.78, 5) is 12.1. The third-order valence-corrected chi connectivity index (χ3v) is 4.86. The Morgan fingerprint density at radius 1 is 1.13 bits per heavy atom. The Morgan fingerprint density at radius 3 is 2.70 bits per heavy atom. The molecule has 3 rings (SSSR count). The number of rotatable bonds is 7. The summed E-state index contributed by atoms with van der Waals surface area (Å²) in [5.74, 6) is 0.332. The summed E-state index contributed by atoms with van der Waals surface area (Å²) >= 11 is 9.46. The lowest BCUT2D eigenvalue weighted by atomic mass is 10.1. The summed E-state index contributed by atoms with van der Waals surface area (Å²) in [5, 5.41) is 13.6. The summed E-state index contributed by atoms with van der Waals surface area (Å²) in [6.45, 7) is 0.286. The van der Waals surface area contributed by atoms with Crippen molar-refractivity contribution < 1.29 is 9.53 Å². The van der Waals surface area contributed by atoms with Crippen LogP contribution >= 0.6 is 27.5 Å². The zero-order chi connectivity index (χ0) is 21.3. The van der Waals surface area contributed by atoms with E-state index in [1.807, 2.05) is 36.4 Å². The van der Waals surface area contributed by atoms with Crippen molar-refractivity contribution in [2.24, 2.45) is 5.10 Å². The highest BCUT2D eigenvalue weighted by Crippen LogP contribution is 2.22. The number of halogens is 2. The van der Waals surface area contributed by atoms with Crippen molar-refractivity contribution in [1.29, 1.82) is 5.26 Å². The Hall–Kier alpha value is -3.14. The molecule has 0 radical (unpaired) electrons. The fourth-order valence-corrected chi connectivity index (χ4v) is 3.09. The first-order chi connectivity index (χ1) is 14.5. The van der Waals surface area contributed by atoms with Crippen LogP contribution in [0.2, 0.25) is 5.02 Å². The zero-order valence-electron chi connectivity index (χ0n) is 15.8. The highest BCUT2D eigenvalue weighted by Gasteiger charge is 2.06. The SMILES string of the molecule is N#Cc1cccc(COc2ccc(Cl)cc2/C=N/NC(=O)Cc2ccc(Br)cc2)c1. The van der Waals surface area contributed by atoms with Crippen LogP contribution in [-0.2, 0) is 17.8 Å². The summed E-state index contributed by atoms with van der Waals surface area (Å²) in [6.07, 6.45) is 1.71. The molecule has 0 saturated carbocycles. The molecule has 7 heteroatoms. The number of nitriles is 1. The van der Waals surface area contributed by atoms with E-state index in [-0.39, 0.29) is 18.9 Å². The minimum Gasteiger partial charge on any atom is -0.488 e. The number of carbonyl (C=O) groups is 1. The van der Waals surface area contributed by atoms with Gasteiger partial charge in [-0.05, 0) is 53.6 Å². The molecule has 0 fully saturated rings. The molecule has 0 bridgehead atoms. The molecule has 0 heterocycles. The molecule has 0 spiro atoms. The van der Waals surface area contributed by atoms with Crippen molar-refractivity contribution in [3.63, 3.8) is 0 Å². The minimum atomic E-state index is -0.230. The Kier molecular flexibility index (Phi) is 7.61. The predicted octanol–water partition coefficient (Wildman–Crippen LogP) is 5.25. The summed E-state index contributed by atoms with van der Waals surface area (Å²) in [7, 11) is 0. The van der Waals surface area contributed by atoms with Gasteiger partial charge in [-0.25, -0.2) is 5.43 Å². The fourth-order valence-electron chi connectivity index (χ4n) is 2.64. The number of amides is 1. The van der Waals surface area contributed by atoms with Gasteiger partial charge in [0.15, 0.2) is 0 Å². The second kappa shape index (κ2) is 10.6. The molecule has 5 nitrogen and oxygen atoms in total. The van der Waals surface area contributed by atoms with Gasteiger partial charge in [0.25, 0.3) is 0 Å². The fraction of sp³-hybridized carbons (Fsp3) is 0.0870. The molecule has 3 aromatic rings. The molecule has 1 amide bonds. The first-order valence-electron chi connectivity index (χ1n) is 9.01. The van der Waals surface area contributed by atoms with E-state index >= 15 is 0 Å². The first kappa shape index (κ1) is 21.6. The van der Waals surface area contributed by atoms with Gasteiger partial charge in [-0.1, -0.05) is 51.8 Å². The van der Waals surface area contributed by atoms with E-state index in [1.165, 1.54) is 6.21 Å². The average Bonchev–Trinajstić information content (AvgIpc) is 2.75. The van der Waals surface area contributed by atoms with E-state index in [0.717, 1.165) is 15.6 Å². The Labute approximate surface area is 188 Å². The topological polar surface area (TPSA) is 74.5 Å². The van der Waals surface area contributed by atoms with Crippen LogP contribution in [0.1, 0.15) is 22.3 Å². The normalized spacial score (nSPS) is 10.6. The van der Waals surface area contributed by atoms with Crippen molar-refractivity contribution in [2.75, 3.05) is 0 Å². The number of carbonyl (C=O) groups excluding carboxylic acids is 1. The van der Waals surface area contributed by atoms with Crippen molar-refractivity contribution in [3.05, 3.63) is 98.5 Å². The van der Waals surface area contributed by atoms with Gasteiger partial charge in [-0.3, -0.25) is 4.79 Å². The quantitative estimate of drug-likeness (QED) is 0.369. The van der Waals surface area contributed by atoms with E-state index in [0.29, 0.717) is 21.9 Å². The summed E-state index contributed by atoms with van der Waals surface area (Å²) in [6, 6.07) is 22.0. The van der Waals surface area contributed by atoms with Crippen molar-refractivity contribution in [2.45, 2.75) is 13.0 Å². The predicted molar refractivity (Wildman–Crippen MR) is 121 cm³/mol. The first-order valence-corrected chi connectivity index (χ1v) is 10.2. The number of hydrogen-bond donors (Lipinski definition) is 1. The molecule has 150 valence electrons. The maximum atomic E-state index is 12.1. The van der Waals surface area contributed by atoms with Gasteiger partial charge in [0.2, 0.25) is 5.91 Å². The number of nitrogens with one attached hydrogen (secondary N) is 1. The Balaban J connectivity index is 1.63. The number of hydrazone groups is 1. The van der Waals surface area contributed by atoms with Gasteiger partial charge in [0, 0.05) is 15.1 Å². The monoisotopic (exact) mass is 481 g/mol.